The van der Waals surface area contributed by atoms with Gasteiger partial charge < -0.3 is 4.57 Å². The average molecular weight is 294 g/mol. The lowest BCUT2D eigenvalue weighted by molar-refractivity contribution is 0.396. The fourth-order valence-electron chi connectivity index (χ4n) is 2.73. The second-order valence-corrected chi connectivity index (χ2v) is 6.11. The standard InChI is InChI=1S/C16H24ClN3/c1-5-11(2)10-13(4)20-14(6-8-17)19-15-12(3)7-9-18-16(15)20/h7,9,11,13H,5-6,8,10H2,1-4H3. The van der Waals surface area contributed by atoms with Gasteiger partial charge in [0, 0.05) is 24.5 Å². The molecule has 0 aromatic carbocycles. The van der Waals surface area contributed by atoms with Crippen molar-refractivity contribution >= 4 is 22.8 Å². The predicted molar refractivity (Wildman–Crippen MR) is 85.5 cm³/mol. The van der Waals surface area contributed by atoms with Crippen molar-refractivity contribution in [1.82, 2.24) is 14.5 Å². The van der Waals surface area contributed by atoms with E-state index in [1.165, 1.54) is 12.0 Å². The smallest absolute Gasteiger partial charge is 0.160 e. The highest BCUT2D eigenvalue weighted by molar-refractivity contribution is 6.17. The van der Waals surface area contributed by atoms with Crippen molar-refractivity contribution in [2.24, 2.45) is 5.92 Å². The molecule has 0 saturated heterocycles. The van der Waals surface area contributed by atoms with Crippen molar-refractivity contribution in [3.63, 3.8) is 0 Å². The summed E-state index contributed by atoms with van der Waals surface area (Å²) >= 11 is 5.94. The first-order valence-electron chi connectivity index (χ1n) is 7.46. The number of imidazole rings is 1. The molecule has 2 aromatic heterocycles. The summed E-state index contributed by atoms with van der Waals surface area (Å²) in [6.07, 6.45) is 5.01. The molecule has 0 aliphatic carbocycles. The van der Waals surface area contributed by atoms with Gasteiger partial charge in [0.25, 0.3) is 0 Å². The van der Waals surface area contributed by atoms with E-state index in [0.717, 1.165) is 29.8 Å². The van der Waals surface area contributed by atoms with Crippen LogP contribution in [0.2, 0.25) is 0 Å². The van der Waals surface area contributed by atoms with Crippen molar-refractivity contribution in [1.29, 1.82) is 0 Å². The number of rotatable bonds is 6. The third kappa shape index (κ3) is 2.98. The zero-order chi connectivity index (χ0) is 14.7. The summed E-state index contributed by atoms with van der Waals surface area (Å²) in [5.41, 5.74) is 3.20. The Labute approximate surface area is 126 Å². The van der Waals surface area contributed by atoms with E-state index < -0.39 is 0 Å². The monoisotopic (exact) mass is 293 g/mol. The van der Waals surface area contributed by atoms with Crippen LogP contribution in [0, 0.1) is 12.8 Å². The molecule has 0 aliphatic rings. The van der Waals surface area contributed by atoms with Gasteiger partial charge in [0.15, 0.2) is 5.65 Å². The molecular weight excluding hydrogens is 270 g/mol. The summed E-state index contributed by atoms with van der Waals surface area (Å²) < 4.78 is 2.29. The Hall–Kier alpha value is -1.09. The Bertz CT molecular complexity index is 576. The predicted octanol–water partition coefficient (Wildman–Crippen LogP) is 4.52. The lowest BCUT2D eigenvalue weighted by Crippen LogP contribution is -2.13. The maximum atomic E-state index is 5.94. The van der Waals surface area contributed by atoms with Crippen LogP contribution in [0.4, 0.5) is 0 Å². The van der Waals surface area contributed by atoms with Gasteiger partial charge in [0.1, 0.15) is 11.3 Å². The van der Waals surface area contributed by atoms with Crippen LogP contribution in [0.3, 0.4) is 0 Å². The van der Waals surface area contributed by atoms with E-state index in [1.807, 2.05) is 12.3 Å². The van der Waals surface area contributed by atoms with E-state index >= 15 is 0 Å². The summed E-state index contributed by atoms with van der Waals surface area (Å²) in [6, 6.07) is 2.42. The minimum Gasteiger partial charge on any atom is -0.310 e. The minimum absolute atomic E-state index is 0.405. The first kappa shape index (κ1) is 15.3. The largest absolute Gasteiger partial charge is 0.310 e. The van der Waals surface area contributed by atoms with Crippen LogP contribution in [-0.4, -0.2) is 20.4 Å². The van der Waals surface area contributed by atoms with Gasteiger partial charge in [0.2, 0.25) is 0 Å². The van der Waals surface area contributed by atoms with Crippen molar-refractivity contribution in [2.45, 2.75) is 53.0 Å². The van der Waals surface area contributed by atoms with E-state index in [1.54, 1.807) is 0 Å². The summed E-state index contributed by atoms with van der Waals surface area (Å²) in [7, 11) is 0. The first-order chi connectivity index (χ1) is 9.58. The average Bonchev–Trinajstić information content (AvgIpc) is 2.78. The van der Waals surface area contributed by atoms with Crippen molar-refractivity contribution in [3.05, 3.63) is 23.7 Å². The molecule has 2 atom stereocenters. The van der Waals surface area contributed by atoms with Gasteiger partial charge in [-0.2, -0.15) is 0 Å². The Morgan fingerprint density at radius 1 is 1.35 bits per heavy atom. The Morgan fingerprint density at radius 3 is 2.75 bits per heavy atom. The highest BCUT2D eigenvalue weighted by Crippen LogP contribution is 2.27. The van der Waals surface area contributed by atoms with Gasteiger partial charge in [0.05, 0.1) is 0 Å². The summed E-state index contributed by atoms with van der Waals surface area (Å²) in [5, 5.41) is 0. The van der Waals surface area contributed by atoms with Crippen molar-refractivity contribution in [3.8, 4) is 0 Å². The second kappa shape index (κ2) is 6.57. The summed E-state index contributed by atoms with van der Waals surface area (Å²) in [5.74, 6) is 2.36. The molecule has 0 spiro atoms. The van der Waals surface area contributed by atoms with Crippen LogP contribution in [0.5, 0.6) is 0 Å². The van der Waals surface area contributed by atoms with Gasteiger partial charge in [-0.1, -0.05) is 20.3 Å². The highest BCUT2D eigenvalue weighted by Gasteiger charge is 2.18. The zero-order valence-corrected chi connectivity index (χ0v) is 13.6. The van der Waals surface area contributed by atoms with E-state index in [4.69, 9.17) is 16.6 Å². The fourth-order valence-corrected chi connectivity index (χ4v) is 2.90. The van der Waals surface area contributed by atoms with Crippen LogP contribution in [0.15, 0.2) is 12.3 Å². The number of pyridine rings is 1. The molecule has 20 heavy (non-hydrogen) atoms. The van der Waals surface area contributed by atoms with Gasteiger partial charge in [-0.3, -0.25) is 0 Å². The first-order valence-corrected chi connectivity index (χ1v) is 8.00. The molecule has 0 saturated carbocycles. The molecule has 3 nitrogen and oxygen atoms in total. The van der Waals surface area contributed by atoms with E-state index in [0.29, 0.717) is 17.8 Å². The normalized spacial score (nSPS) is 14.7. The topological polar surface area (TPSA) is 30.7 Å². The highest BCUT2D eigenvalue weighted by atomic mass is 35.5. The van der Waals surface area contributed by atoms with Gasteiger partial charge in [-0.15, -0.1) is 11.6 Å². The Kier molecular flexibility index (Phi) is 5.03. The molecule has 0 fully saturated rings. The molecule has 0 radical (unpaired) electrons. The number of fused-ring (bicyclic) bond motifs is 1. The molecule has 0 bridgehead atoms. The lowest BCUT2D eigenvalue weighted by Gasteiger charge is -2.20. The molecule has 2 unspecified atom stereocenters. The van der Waals surface area contributed by atoms with Crippen LogP contribution in [0.1, 0.15) is 51.0 Å². The lowest BCUT2D eigenvalue weighted by atomic mass is 10.00. The van der Waals surface area contributed by atoms with Crippen LogP contribution in [-0.2, 0) is 6.42 Å². The quantitative estimate of drug-likeness (QED) is 0.733. The molecule has 0 N–H and O–H groups in total. The maximum Gasteiger partial charge on any atom is 0.160 e. The van der Waals surface area contributed by atoms with E-state index in [-0.39, 0.29) is 0 Å². The Balaban J connectivity index is 2.48. The van der Waals surface area contributed by atoms with E-state index in [9.17, 15) is 0 Å². The molecule has 110 valence electrons. The molecule has 0 amide bonds. The van der Waals surface area contributed by atoms with Crippen molar-refractivity contribution < 1.29 is 0 Å². The molecular formula is C16H24ClN3. The van der Waals surface area contributed by atoms with Gasteiger partial charge in [-0.05, 0) is 37.8 Å². The van der Waals surface area contributed by atoms with Gasteiger partial charge in [-0.25, -0.2) is 9.97 Å². The summed E-state index contributed by atoms with van der Waals surface area (Å²) in [4.78, 5) is 9.33. The zero-order valence-electron chi connectivity index (χ0n) is 12.9. The second-order valence-electron chi connectivity index (χ2n) is 5.74. The van der Waals surface area contributed by atoms with Crippen molar-refractivity contribution in [2.75, 3.05) is 5.88 Å². The van der Waals surface area contributed by atoms with Crippen LogP contribution in [0.25, 0.3) is 11.2 Å². The van der Waals surface area contributed by atoms with Gasteiger partial charge >= 0.3 is 0 Å². The minimum atomic E-state index is 0.405. The Morgan fingerprint density at radius 2 is 2.10 bits per heavy atom. The molecule has 2 rings (SSSR count). The summed E-state index contributed by atoms with van der Waals surface area (Å²) in [6.45, 7) is 8.89. The molecule has 2 heterocycles. The number of aryl methyl sites for hydroxylation is 2. The number of hydrogen-bond donors (Lipinski definition) is 0. The molecule has 4 heteroatoms. The number of hydrogen-bond acceptors (Lipinski definition) is 2. The fraction of sp³-hybridized carbons (Fsp3) is 0.625. The maximum absolute atomic E-state index is 5.94. The number of aromatic nitrogens is 3. The SMILES string of the molecule is CCC(C)CC(C)n1c(CCCl)nc2c(C)ccnc21. The number of halogens is 1. The number of nitrogens with zero attached hydrogens (tertiary/aromatic N) is 3. The third-order valence-corrected chi connectivity index (χ3v) is 4.24. The number of alkyl halides is 1. The third-order valence-electron chi connectivity index (χ3n) is 4.05. The van der Waals surface area contributed by atoms with E-state index in [2.05, 4.69) is 37.2 Å². The molecule has 0 aliphatic heterocycles. The molecule has 2 aromatic rings. The van der Waals surface area contributed by atoms with Crippen LogP contribution >= 0.6 is 11.6 Å². The van der Waals surface area contributed by atoms with Crippen LogP contribution < -0.4 is 0 Å².